The second-order valence-corrected chi connectivity index (χ2v) is 7.57. The van der Waals surface area contributed by atoms with Gasteiger partial charge in [0.1, 0.15) is 17.1 Å². The van der Waals surface area contributed by atoms with Crippen LogP contribution in [0.1, 0.15) is 45.2 Å². The Morgan fingerprint density at radius 1 is 1.27 bits per heavy atom. The maximum Gasteiger partial charge on any atom is 0.261 e. The van der Waals surface area contributed by atoms with E-state index in [2.05, 4.69) is 5.32 Å². The number of amides is 1. The molecule has 0 fully saturated rings. The highest BCUT2D eigenvalue weighted by Gasteiger charge is 2.35. The summed E-state index contributed by atoms with van der Waals surface area (Å²) in [5, 5.41) is 3.78. The van der Waals surface area contributed by atoms with Crippen LogP contribution in [0.15, 0.2) is 48.5 Å². The van der Waals surface area contributed by atoms with E-state index in [4.69, 9.17) is 21.1 Å². The topological polar surface area (TPSA) is 47.6 Å². The zero-order valence-corrected chi connectivity index (χ0v) is 16.0. The molecule has 0 bridgehead atoms. The maximum absolute atomic E-state index is 12.8. The third kappa shape index (κ3) is 4.31. The van der Waals surface area contributed by atoms with Crippen LogP contribution in [0.4, 0.5) is 0 Å². The van der Waals surface area contributed by atoms with Crippen molar-refractivity contribution in [2.45, 2.75) is 51.4 Å². The highest BCUT2D eigenvalue weighted by molar-refractivity contribution is 6.30. The molecular formula is C21H24ClNO3. The van der Waals surface area contributed by atoms with Gasteiger partial charge in [-0.25, -0.2) is 0 Å². The molecule has 1 aliphatic heterocycles. The number of carbonyl (C=O) groups excluding carboxylic acids is 1. The van der Waals surface area contributed by atoms with Crippen LogP contribution in [0.25, 0.3) is 0 Å². The van der Waals surface area contributed by atoms with Crippen LogP contribution in [-0.2, 0) is 4.79 Å². The SMILES string of the molecule is CC[C@@H](Oc1ccc(Cl)cc1)C(=O)N[C@H]1CC(C)(C)Oc2ccccc21. The number of rotatable bonds is 5. The number of ether oxygens (including phenoxy) is 2. The molecule has 0 spiro atoms. The van der Waals surface area contributed by atoms with E-state index in [9.17, 15) is 4.79 Å². The molecule has 2 atom stereocenters. The van der Waals surface area contributed by atoms with Crippen molar-refractivity contribution in [1.29, 1.82) is 0 Å². The molecular weight excluding hydrogens is 350 g/mol. The minimum atomic E-state index is -0.561. The van der Waals surface area contributed by atoms with Gasteiger partial charge in [0.25, 0.3) is 5.91 Å². The molecule has 0 aromatic heterocycles. The number of hydrogen-bond donors (Lipinski definition) is 1. The first-order valence-electron chi connectivity index (χ1n) is 8.88. The molecule has 4 nitrogen and oxygen atoms in total. The smallest absolute Gasteiger partial charge is 0.261 e. The summed E-state index contributed by atoms with van der Waals surface area (Å²) in [6.45, 7) is 6.00. The minimum Gasteiger partial charge on any atom is -0.487 e. The summed E-state index contributed by atoms with van der Waals surface area (Å²) in [5.74, 6) is 1.32. The van der Waals surface area contributed by atoms with Crippen LogP contribution in [0.2, 0.25) is 5.02 Å². The Hall–Kier alpha value is -2.20. The largest absolute Gasteiger partial charge is 0.487 e. The van der Waals surface area contributed by atoms with Crippen molar-refractivity contribution in [2.75, 3.05) is 0 Å². The van der Waals surface area contributed by atoms with Gasteiger partial charge in [0.05, 0.1) is 6.04 Å². The molecule has 0 saturated carbocycles. The van der Waals surface area contributed by atoms with Gasteiger partial charge >= 0.3 is 0 Å². The van der Waals surface area contributed by atoms with E-state index in [1.807, 2.05) is 45.0 Å². The average Bonchev–Trinajstić information content (AvgIpc) is 2.60. The van der Waals surface area contributed by atoms with Crippen LogP contribution in [0, 0.1) is 0 Å². The Kier molecular flexibility index (Phi) is 5.42. The Morgan fingerprint density at radius 3 is 2.65 bits per heavy atom. The fourth-order valence-electron chi connectivity index (χ4n) is 3.20. The molecule has 138 valence electrons. The summed E-state index contributed by atoms with van der Waals surface area (Å²) in [6, 6.07) is 14.8. The number of fused-ring (bicyclic) bond motifs is 1. The standard InChI is InChI=1S/C21H24ClNO3/c1-4-18(25-15-11-9-14(22)10-12-15)20(24)23-17-13-21(2,3)26-19-8-6-5-7-16(17)19/h5-12,17-18H,4,13H2,1-3H3,(H,23,24)/t17-,18+/m0/s1. The summed E-state index contributed by atoms with van der Waals surface area (Å²) in [6.07, 6.45) is 0.713. The van der Waals surface area contributed by atoms with Crippen LogP contribution in [0.3, 0.4) is 0 Å². The first-order valence-corrected chi connectivity index (χ1v) is 9.26. The number of hydrogen-bond acceptors (Lipinski definition) is 3. The quantitative estimate of drug-likeness (QED) is 0.809. The van der Waals surface area contributed by atoms with Crippen molar-refractivity contribution < 1.29 is 14.3 Å². The Balaban J connectivity index is 1.74. The monoisotopic (exact) mass is 373 g/mol. The molecule has 26 heavy (non-hydrogen) atoms. The highest BCUT2D eigenvalue weighted by atomic mass is 35.5. The van der Waals surface area contributed by atoms with E-state index in [-0.39, 0.29) is 17.6 Å². The lowest BCUT2D eigenvalue weighted by Gasteiger charge is -2.38. The van der Waals surface area contributed by atoms with Crippen molar-refractivity contribution in [3.05, 3.63) is 59.1 Å². The molecule has 5 heteroatoms. The zero-order valence-electron chi connectivity index (χ0n) is 15.3. The van der Waals surface area contributed by atoms with E-state index < -0.39 is 6.10 Å². The first-order chi connectivity index (χ1) is 12.4. The fraction of sp³-hybridized carbons (Fsp3) is 0.381. The Bertz CT molecular complexity index is 773. The number of nitrogens with one attached hydrogen (secondary N) is 1. The Labute approximate surface area is 159 Å². The lowest BCUT2D eigenvalue weighted by molar-refractivity contribution is -0.129. The van der Waals surface area contributed by atoms with Crippen LogP contribution in [-0.4, -0.2) is 17.6 Å². The molecule has 1 amide bonds. The summed E-state index contributed by atoms with van der Waals surface area (Å²) in [4.78, 5) is 12.8. The van der Waals surface area contributed by atoms with Crippen molar-refractivity contribution in [3.8, 4) is 11.5 Å². The molecule has 1 heterocycles. The Morgan fingerprint density at radius 2 is 1.96 bits per heavy atom. The van der Waals surface area contributed by atoms with Gasteiger partial charge in [0, 0.05) is 17.0 Å². The average molecular weight is 374 g/mol. The van der Waals surface area contributed by atoms with Gasteiger partial charge in [-0.05, 0) is 50.6 Å². The predicted octanol–water partition coefficient (Wildman–Crippen LogP) is 4.92. The third-order valence-electron chi connectivity index (χ3n) is 4.45. The summed E-state index contributed by atoms with van der Waals surface area (Å²) in [5.41, 5.74) is 0.659. The second-order valence-electron chi connectivity index (χ2n) is 7.13. The van der Waals surface area contributed by atoms with Crippen molar-refractivity contribution in [3.63, 3.8) is 0 Å². The van der Waals surface area contributed by atoms with Gasteiger partial charge in [0.15, 0.2) is 6.10 Å². The number of halogens is 1. The molecule has 1 N–H and O–H groups in total. The van der Waals surface area contributed by atoms with Gasteiger partial charge in [-0.15, -0.1) is 0 Å². The zero-order chi connectivity index (χ0) is 18.7. The summed E-state index contributed by atoms with van der Waals surface area (Å²) >= 11 is 5.90. The van der Waals surface area contributed by atoms with Gasteiger partial charge in [0.2, 0.25) is 0 Å². The lowest BCUT2D eigenvalue weighted by Crippen LogP contribution is -2.45. The molecule has 0 radical (unpaired) electrons. The molecule has 0 aliphatic carbocycles. The van der Waals surface area contributed by atoms with Crippen molar-refractivity contribution >= 4 is 17.5 Å². The van der Waals surface area contributed by atoms with Gasteiger partial charge in [-0.2, -0.15) is 0 Å². The lowest BCUT2D eigenvalue weighted by atomic mass is 9.89. The first kappa shape index (κ1) is 18.6. The van der Waals surface area contributed by atoms with E-state index >= 15 is 0 Å². The number of benzene rings is 2. The van der Waals surface area contributed by atoms with Crippen molar-refractivity contribution in [1.82, 2.24) is 5.32 Å². The molecule has 0 unspecified atom stereocenters. The molecule has 2 aromatic rings. The summed E-state index contributed by atoms with van der Waals surface area (Å²) in [7, 11) is 0. The number of carbonyl (C=O) groups is 1. The van der Waals surface area contributed by atoms with Crippen LogP contribution in [0.5, 0.6) is 11.5 Å². The fourth-order valence-corrected chi connectivity index (χ4v) is 3.32. The van der Waals surface area contributed by atoms with Gasteiger partial charge in [-0.1, -0.05) is 36.7 Å². The third-order valence-corrected chi connectivity index (χ3v) is 4.70. The molecule has 1 aliphatic rings. The van der Waals surface area contributed by atoms with Crippen LogP contribution < -0.4 is 14.8 Å². The van der Waals surface area contributed by atoms with Crippen molar-refractivity contribution in [2.24, 2.45) is 0 Å². The second kappa shape index (κ2) is 7.58. The maximum atomic E-state index is 12.8. The van der Waals surface area contributed by atoms with E-state index in [1.54, 1.807) is 24.3 Å². The van der Waals surface area contributed by atoms with E-state index in [1.165, 1.54) is 0 Å². The normalized spacial score (nSPS) is 19.0. The molecule has 3 rings (SSSR count). The van der Waals surface area contributed by atoms with Crippen LogP contribution >= 0.6 is 11.6 Å². The van der Waals surface area contributed by atoms with E-state index in [0.717, 1.165) is 11.3 Å². The highest BCUT2D eigenvalue weighted by Crippen LogP contribution is 2.39. The predicted molar refractivity (Wildman–Crippen MR) is 103 cm³/mol. The van der Waals surface area contributed by atoms with E-state index in [0.29, 0.717) is 23.6 Å². The summed E-state index contributed by atoms with van der Waals surface area (Å²) < 4.78 is 11.9. The minimum absolute atomic E-state index is 0.106. The number of para-hydroxylation sites is 1. The van der Waals surface area contributed by atoms with Gasteiger partial charge in [-0.3, -0.25) is 4.79 Å². The molecule has 2 aromatic carbocycles. The molecule has 0 saturated heterocycles. The van der Waals surface area contributed by atoms with Gasteiger partial charge < -0.3 is 14.8 Å².